The SMILES string of the molecule is C[C@@H](Nc1cnc(N2CCOCC2)c(Br)c1)c1ccncc1. The average Bonchev–Trinajstić information content (AvgIpc) is 2.56. The predicted octanol–water partition coefficient (Wildman–Crippen LogP) is 3.25. The Hall–Kier alpha value is -1.66. The van der Waals surface area contributed by atoms with Gasteiger partial charge in [0, 0.05) is 31.5 Å². The summed E-state index contributed by atoms with van der Waals surface area (Å²) >= 11 is 3.63. The van der Waals surface area contributed by atoms with Crippen LogP contribution in [0, 0.1) is 0 Å². The third-order valence-corrected chi connectivity index (χ3v) is 4.31. The van der Waals surface area contributed by atoms with Crippen LogP contribution in [0.4, 0.5) is 11.5 Å². The van der Waals surface area contributed by atoms with Crippen molar-refractivity contribution in [1.29, 1.82) is 0 Å². The number of nitrogens with one attached hydrogen (secondary N) is 1. The van der Waals surface area contributed by atoms with E-state index in [9.17, 15) is 0 Å². The number of morpholine rings is 1. The first-order chi connectivity index (χ1) is 10.7. The number of rotatable bonds is 4. The maximum atomic E-state index is 5.38. The van der Waals surface area contributed by atoms with Gasteiger partial charge in [-0.05, 0) is 46.6 Å². The van der Waals surface area contributed by atoms with Crippen LogP contribution >= 0.6 is 15.9 Å². The molecule has 1 fully saturated rings. The van der Waals surface area contributed by atoms with Gasteiger partial charge in [-0.1, -0.05) is 0 Å². The van der Waals surface area contributed by atoms with E-state index in [2.05, 4.69) is 49.1 Å². The van der Waals surface area contributed by atoms with Crippen molar-refractivity contribution in [2.45, 2.75) is 13.0 Å². The predicted molar refractivity (Wildman–Crippen MR) is 91.2 cm³/mol. The number of hydrogen-bond acceptors (Lipinski definition) is 5. The van der Waals surface area contributed by atoms with Crippen LogP contribution < -0.4 is 10.2 Å². The summed E-state index contributed by atoms with van der Waals surface area (Å²) in [5.41, 5.74) is 2.19. The molecular weight excluding hydrogens is 344 g/mol. The Bertz CT molecular complexity index is 617. The molecule has 0 radical (unpaired) electrons. The molecular formula is C16H19BrN4O. The van der Waals surface area contributed by atoms with Crippen LogP contribution in [0.3, 0.4) is 0 Å². The van der Waals surface area contributed by atoms with Crippen LogP contribution in [0.15, 0.2) is 41.3 Å². The van der Waals surface area contributed by atoms with E-state index in [1.165, 1.54) is 5.56 Å². The molecule has 0 saturated carbocycles. The Labute approximate surface area is 138 Å². The van der Waals surface area contributed by atoms with Crippen molar-refractivity contribution in [2.75, 3.05) is 36.5 Å². The van der Waals surface area contributed by atoms with Crippen molar-refractivity contribution in [3.8, 4) is 0 Å². The van der Waals surface area contributed by atoms with E-state index in [0.717, 1.165) is 42.3 Å². The number of halogens is 1. The Morgan fingerprint density at radius 2 is 2.00 bits per heavy atom. The minimum Gasteiger partial charge on any atom is -0.378 e. The topological polar surface area (TPSA) is 50.3 Å². The normalized spacial score (nSPS) is 16.4. The van der Waals surface area contributed by atoms with Gasteiger partial charge < -0.3 is 15.0 Å². The molecule has 5 nitrogen and oxygen atoms in total. The summed E-state index contributed by atoms with van der Waals surface area (Å²) < 4.78 is 6.39. The number of ether oxygens (including phenoxy) is 1. The highest BCUT2D eigenvalue weighted by molar-refractivity contribution is 9.10. The zero-order valence-electron chi connectivity index (χ0n) is 12.5. The van der Waals surface area contributed by atoms with Crippen molar-refractivity contribution in [3.63, 3.8) is 0 Å². The summed E-state index contributed by atoms with van der Waals surface area (Å²) in [7, 11) is 0. The molecule has 2 aromatic rings. The van der Waals surface area contributed by atoms with Crippen molar-refractivity contribution < 1.29 is 4.74 Å². The van der Waals surface area contributed by atoms with E-state index in [1.54, 1.807) is 0 Å². The number of aromatic nitrogens is 2. The molecule has 0 unspecified atom stereocenters. The van der Waals surface area contributed by atoms with Gasteiger partial charge in [-0.3, -0.25) is 4.98 Å². The molecule has 0 spiro atoms. The second-order valence-electron chi connectivity index (χ2n) is 5.28. The molecule has 1 N–H and O–H groups in total. The zero-order valence-corrected chi connectivity index (χ0v) is 14.1. The van der Waals surface area contributed by atoms with E-state index >= 15 is 0 Å². The summed E-state index contributed by atoms with van der Waals surface area (Å²) in [5, 5.41) is 3.47. The fraction of sp³-hybridized carbons (Fsp3) is 0.375. The van der Waals surface area contributed by atoms with Crippen LogP contribution in [0.2, 0.25) is 0 Å². The Kier molecular flexibility index (Phi) is 4.90. The van der Waals surface area contributed by atoms with Gasteiger partial charge in [-0.2, -0.15) is 0 Å². The minimum absolute atomic E-state index is 0.200. The smallest absolute Gasteiger partial charge is 0.143 e. The molecule has 1 aliphatic heterocycles. The molecule has 0 aliphatic carbocycles. The number of hydrogen-bond donors (Lipinski definition) is 1. The standard InChI is InChI=1S/C16H19BrN4O/c1-12(13-2-4-18-5-3-13)20-14-10-15(17)16(19-11-14)21-6-8-22-9-7-21/h2-5,10-12,20H,6-9H2,1H3/t12-/m1/s1. The van der Waals surface area contributed by atoms with Crippen LogP contribution in [0.25, 0.3) is 0 Å². The van der Waals surface area contributed by atoms with E-state index in [4.69, 9.17) is 4.74 Å². The average molecular weight is 363 g/mol. The minimum atomic E-state index is 0.200. The second kappa shape index (κ2) is 7.07. The van der Waals surface area contributed by atoms with Crippen molar-refractivity contribution in [3.05, 3.63) is 46.8 Å². The molecule has 3 rings (SSSR count). The first-order valence-corrected chi connectivity index (χ1v) is 8.18. The van der Waals surface area contributed by atoms with Gasteiger partial charge in [0.1, 0.15) is 5.82 Å². The second-order valence-corrected chi connectivity index (χ2v) is 6.13. The number of pyridine rings is 2. The maximum Gasteiger partial charge on any atom is 0.143 e. The summed E-state index contributed by atoms with van der Waals surface area (Å²) in [6, 6.07) is 6.31. The van der Waals surface area contributed by atoms with Gasteiger partial charge in [-0.15, -0.1) is 0 Å². The van der Waals surface area contributed by atoms with Gasteiger partial charge >= 0.3 is 0 Å². The lowest BCUT2D eigenvalue weighted by Gasteiger charge is -2.28. The summed E-state index contributed by atoms with van der Waals surface area (Å²) in [6.45, 7) is 5.40. The molecule has 3 heterocycles. The quantitative estimate of drug-likeness (QED) is 0.904. The zero-order chi connectivity index (χ0) is 15.4. The highest BCUT2D eigenvalue weighted by atomic mass is 79.9. The van der Waals surface area contributed by atoms with E-state index < -0.39 is 0 Å². The van der Waals surface area contributed by atoms with Gasteiger partial charge in [0.2, 0.25) is 0 Å². The number of nitrogens with zero attached hydrogens (tertiary/aromatic N) is 3. The molecule has 6 heteroatoms. The molecule has 22 heavy (non-hydrogen) atoms. The highest BCUT2D eigenvalue weighted by Gasteiger charge is 2.16. The van der Waals surface area contributed by atoms with Gasteiger partial charge in [0.25, 0.3) is 0 Å². The molecule has 1 saturated heterocycles. The fourth-order valence-corrected chi connectivity index (χ4v) is 3.10. The van der Waals surface area contributed by atoms with Gasteiger partial charge in [0.05, 0.1) is 29.6 Å². The lowest BCUT2D eigenvalue weighted by molar-refractivity contribution is 0.122. The third-order valence-electron chi connectivity index (χ3n) is 3.72. The third kappa shape index (κ3) is 3.56. The van der Waals surface area contributed by atoms with E-state index in [0.29, 0.717) is 0 Å². The van der Waals surface area contributed by atoms with E-state index in [-0.39, 0.29) is 6.04 Å². The van der Waals surface area contributed by atoms with Crippen LogP contribution in [0.5, 0.6) is 0 Å². The van der Waals surface area contributed by atoms with Crippen LogP contribution in [-0.2, 0) is 4.74 Å². The molecule has 1 atom stereocenters. The molecule has 0 bridgehead atoms. The molecule has 116 valence electrons. The van der Waals surface area contributed by atoms with Crippen LogP contribution in [-0.4, -0.2) is 36.3 Å². The summed E-state index contributed by atoms with van der Waals surface area (Å²) in [6.07, 6.45) is 5.50. The van der Waals surface area contributed by atoms with Crippen molar-refractivity contribution in [2.24, 2.45) is 0 Å². The first kappa shape index (κ1) is 15.2. The van der Waals surface area contributed by atoms with Gasteiger partial charge in [0.15, 0.2) is 0 Å². The maximum absolute atomic E-state index is 5.38. The van der Waals surface area contributed by atoms with Gasteiger partial charge in [-0.25, -0.2) is 4.98 Å². The number of anilines is 2. The molecule has 2 aromatic heterocycles. The summed E-state index contributed by atoms with van der Waals surface area (Å²) in [5.74, 6) is 0.977. The molecule has 1 aliphatic rings. The summed E-state index contributed by atoms with van der Waals surface area (Å²) in [4.78, 5) is 10.9. The Balaban J connectivity index is 1.71. The molecule has 0 amide bonds. The largest absolute Gasteiger partial charge is 0.378 e. The Morgan fingerprint density at radius 1 is 1.27 bits per heavy atom. The van der Waals surface area contributed by atoms with E-state index in [1.807, 2.05) is 30.7 Å². The lowest BCUT2D eigenvalue weighted by atomic mass is 10.1. The van der Waals surface area contributed by atoms with Crippen molar-refractivity contribution in [1.82, 2.24) is 9.97 Å². The Morgan fingerprint density at radius 3 is 2.68 bits per heavy atom. The van der Waals surface area contributed by atoms with Crippen LogP contribution in [0.1, 0.15) is 18.5 Å². The first-order valence-electron chi connectivity index (χ1n) is 7.39. The van der Waals surface area contributed by atoms with Crippen molar-refractivity contribution >= 4 is 27.4 Å². The monoisotopic (exact) mass is 362 g/mol. The molecule has 0 aromatic carbocycles. The fourth-order valence-electron chi connectivity index (χ4n) is 2.50. The highest BCUT2D eigenvalue weighted by Crippen LogP contribution is 2.28. The lowest BCUT2D eigenvalue weighted by Crippen LogP contribution is -2.37.